The fraction of sp³-hybridized carbons (Fsp3) is 0.353. The van der Waals surface area contributed by atoms with Gasteiger partial charge >= 0.3 is 0 Å². The summed E-state index contributed by atoms with van der Waals surface area (Å²) in [5, 5.41) is 0. The van der Waals surface area contributed by atoms with Gasteiger partial charge in [0, 0.05) is 12.1 Å². The van der Waals surface area contributed by atoms with Crippen LogP contribution in [0.25, 0.3) is 11.3 Å². The molecule has 3 heteroatoms. The first-order chi connectivity index (χ1) is 9.54. The van der Waals surface area contributed by atoms with E-state index in [2.05, 4.69) is 39.0 Å². The topological polar surface area (TPSA) is 48.0 Å². The van der Waals surface area contributed by atoms with Crippen LogP contribution in [0.5, 0.6) is 0 Å². The van der Waals surface area contributed by atoms with E-state index in [1.807, 2.05) is 6.07 Å². The lowest BCUT2D eigenvalue weighted by Gasteiger charge is -2.15. The molecule has 1 aromatic heterocycles. The highest BCUT2D eigenvalue weighted by atomic mass is 16.1. The van der Waals surface area contributed by atoms with Gasteiger partial charge in [-0.25, -0.2) is 0 Å². The van der Waals surface area contributed by atoms with Gasteiger partial charge in [0.2, 0.25) is 0 Å². The Labute approximate surface area is 120 Å². The Balaban J connectivity index is 2.64. The number of rotatable bonds is 4. The van der Waals surface area contributed by atoms with E-state index < -0.39 is 0 Å². The minimum Gasteiger partial charge on any atom is -0.394 e. The maximum absolute atomic E-state index is 12.3. The lowest BCUT2D eigenvalue weighted by Crippen LogP contribution is -2.24. The summed E-state index contributed by atoms with van der Waals surface area (Å²) >= 11 is 0. The molecule has 0 saturated heterocycles. The quantitative estimate of drug-likeness (QED) is 0.924. The second-order valence-electron chi connectivity index (χ2n) is 5.30. The van der Waals surface area contributed by atoms with Gasteiger partial charge < -0.3 is 10.3 Å². The summed E-state index contributed by atoms with van der Waals surface area (Å²) in [6.07, 6.45) is 2.02. The van der Waals surface area contributed by atoms with Crippen LogP contribution in [0.3, 0.4) is 0 Å². The fourth-order valence-electron chi connectivity index (χ4n) is 2.38. The molecule has 2 rings (SSSR count). The van der Waals surface area contributed by atoms with Crippen molar-refractivity contribution in [2.24, 2.45) is 0 Å². The molecule has 0 bridgehead atoms. The third-order valence-corrected chi connectivity index (χ3v) is 3.61. The van der Waals surface area contributed by atoms with E-state index >= 15 is 0 Å². The van der Waals surface area contributed by atoms with Crippen LogP contribution >= 0.6 is 0 Å². The van der Waals surface area contributed by atoms with Crippen molar-refractivity contribution >= 4 is 5.69 Å². The molecule has 0 saturated carbocycles. The molecule has 0 spiro atoms. The summed E-state index contributed by atoms with van der Waals surface area (Å²) in [4.78, 5) is 12.3. The molecule has 0 aliphatic heterocycles. The van der Waals surface area contributed by atoms with Crippen molar-refractivity contribution in [2.75, 3.05) is 5.73 Å². The van der Waals surface area contributed by atoms with Gasteiger partial charge in [-0.3, -0.25) is 4.79 Å². The van der Waals surface area contributed by atoms with E-state index in [9.17, 15) is 4.79 Å². The average molecular weight is 270 g/mol. The van der Waals surface area contributed by atoms with Crippen molar-refractivity contribution in [1.29, 1.82) is 0 Å². The number of benzene rings is 1. The second kappa shape index (κ2) is 5.95. The monoisotopic (exact) mass is 270 g/mol. The minimum atomic E-state index is -0.0862. The van der Waals surface area contributed by atoms with Gasteiger partial charge in [-0.05, 0) is 44.0 Å². The molecule has 0 aliphatic carbocycles. The van der Waals surface area contributed by atoms with Crippen LogP contribution in [-0.2, 0) is 6.54 Å². The fourth-order valence-corrected chi connectivity index (χ4v) is 2.38. The number of nitrogens with zero attached hydrogens (tertiary/aromatic N) is 1. The predicted octanol–water partition coefficient (Wildman–Crippen LogP) is 3.51. The van der Waals surface area contributed by atoms with Crippen LogP contribution in [0.4, 0.5) is 5.69 Å². The molecule has 0 amide bonds. The number of aromatic nitrogens is 1. The Hall–Kier alpha value is -2.03. The zero-order valence-corrected chi connectivity index (χ0v) is 12.4. The normalized spacial score (nSPS) is 10.8. The van der Waals surface area contributed by atoms with Crippen molar-refractivity contribution in [1.82, 2.24) is 4.57 Å². The molecule has 1 aromatic carbocycles. The minimum absolute atomic E-state index is 0.0862. The first-order valence-electron chi connectivity index (χ1n) is 7.11. The molecule has 106 valence electrons. The van der Waals surface area contributed by atoms with E-state index in [0.717, 1.165) is 24.1 Å². The SMILES string of the molecule is CCCCn1c(-c2cc(C)ccc2C)ccc(N)c1=O. The van der Waals surface area contributed by atoms with Gasteiger partial charge in [0.25, 0.3) is 5.56 Å². The standard InChI is InChI=1S/C17H22N2O/c1-4-5-10-19-16(9-8-15(18)17(19)20)14-11-12(2)6-7-13(14)3/h6-9,11H,4-5,10,18H2,1-3H3. The van der Waals surface area contributed by atoms with Crippen molar-refractivity contribution in [3.63, 3.8) is 0 Å². The highest BCUT2D eigenvalue weighted by Crippen LogP contribution is 2.24. The highest BCUT2D eigenvalue weighted by Gasteiger charge is 2.10. The number of hydrogen-bond acceptors (Lipinski definition) is 2. The van der Waals surface area contributed by atoms with Crippen LogP contribution in [0.15, 0.2) is 35.1 Å². The van der Waals surface area contributed by atoms with Crippen molar-refractivity contribution in [3.05, 3.63) is 51.8 Å². The smallest absolute Gasteiger partial charge is 0.274 e. The lowest BCUT2D eigenvalue weighted by molar-refractivity contribution is 0.620. The summed E-state index contributed by atoms with van der Waals surface area (Å²) in [5.41, 5.74) is 10.4. The van der Waals surface area contributed by atoms with Crippen LogP contribution in [0, 0.1) is 13.8 Å². The molecule has 0 fully saturated rings. The first-order valence-corrected chi connectivity index (χ1v) is 7.11. The van der Waals surface area contributed by atoms with Crippen molar-refractivity contribution in [3.8, 4) is 11.3 Å². The molecule has 1 heterocycles. The lowest BCUT2D eigenvalue weighted by atomic mass is 10.0. The van der Waals surface area contributed by atoms with E-state index in [1.165, 1.54) is 11.1 Å². The number of anilines is 1. The molecule has 0 radical (unpaired) electrons. The van der Waals surface area contributed by atoms with Crippen LogP contribution in [0.1, 0.15) is 30.9 Å². The van der Waals surface area contributed by atoms with Gasteiger partial charge in [0.05, 0.1) is 11.4 Å². The van der Waals surface area contributed by atoms with E-state index in [0.29, 0.717) is 12.2 Å². The zero-order valence-electron chi connectivity index (χ0n) is 12.4. The van der Waals surface area contributed by atoms with Crippen LogP contribution in [-0.4, -0.2) is 4.57 Å². The summed E-state index contributed by atoms with van der Waals surface area (Å²) in [7, 11) is 0. The summed E-state index contributed by atoms with van der Waals surface area (Å²) in [5.74, 6) is 0. The Kier molecular flexibility index (Phi) is 4.28. The molecule has 0 aliphatic rings. The van der Waals surface area contributed by atoms with Gasteiger partial charge in [0.1, 0.15) is 0 Å². The third-order valence-electron chi connectivity index (χ3n) is 3.61. The maximum Gasteiger partial charge on any atom is 0.274 e. The van der Waals surface area contributed by atoms with Gasteiger partial charge in [-0.2, -0.15) is 0 Å². The summed E-state index contributed by atoms with van der Waals surface area (Å²) in [6, 6.07) is 9.97. The third kappa shape index (κ3) is 2.77. The largest absolute Gasteiger partial charge is 0.394 e. The number of hydrogen-bond donors (Lipinski definition) is 1. The molecule has 0 unspecified atom stereocenters. The van der Waals surface area contributed by atoms with Crippen molar-refractivity contribution in [2.45, 2.75) is 40.2 Å². The Morgan fingerprint density at radius 1 is 1.15 bits per heavy atom. The number of pyridine rings is 1. The van der Waals surface area contributed by atoms with Gasteiger partial charge in [-0.1, -0.05) is 31.0 Å². The molecular weight excluding hydrogens is 248 g/mol. The molecule has 2 aromatic rings. The first kappa shape index (κ1) is 14.4. The van der Waals surface area contributed by atoms with E-state index in [1.54, 1.807) is 10.6 Å². The molecular formula is C17H22N2O. The van der Waals surface area contributed by atoms with Gasteiger partial charge in [0.15, 0.2) is 0 Å². The Bertz CT molecular complexity index is 671. The highest BCUT2D eigenvalue weighted by molar-refractivity contribution is 5.66. The molecule has 20 heavy (non-hydrogen) atoms. The predicted molar refractivity (Wildman–Crippen MR) is 84.9 cm³/mol. The van der Waals surface area contributed by atoms with Gasteiger partial charge in [-0.15, -0.1) is 0 Å². The number of nitrogen functional groups attached to an aromatic ring is 1. The van der Waals surface area contributed by atoms with E-state index in [4.69, 9.17) is 5.73 Å². The summed E-state index contributed by atoms with van der Waals surface area (Å²) in [6.45, 7) is 6.96. The van der Waals surface area contributed by atoms with E-state index in [-0.39, 0.29) is 5.56 Å². The molecule has 0 atom stereocenters. The number of aryl methyl sites for hydroxylation is 2. The van der Waals surface area contributed by atoms with Crippen LogP contribution < -0.4 is 11.3 Å². The Morgan fingerprint density at radius 2 is 1.90 bits per heavy atom. The molecule has 3 nitrogen and oxygen atoms in total. The van der Waals surface area contributed by atoms with Crippen LogP contribution in [0.2, 0.25) is 0 Å². The summed E-state index contributed by atoms with van der Waals surface area (Å²) < 4.78 is 1.81. The van der Waals surface area contributed by atoms with Crippen molar-refractivity contribution < 1.29 is 0 Å². The second-order valence-corrected chi connectivity index (χ2v) is 5.30. The number of unbranched alkanes of at least 4 members (excludes halogenated alkanes) is 1. The Morgan fingerprint density at radius 3 is 2.60 bits per heavy atom. The average Bonchev–Trinajstić information content (AvgIpc) is 2.43. The number of nitrogens with two attached hydrogens (primary N) is 1. The zero-order chi connectivity index (χ0) is 14.7. The maximum atomic E-state index is 12.3. The molecule has 2 N–H and O–H groups in total.